The summed E-state index contributed by atoms with van der Waals surface area (Å²) in [5, 5.41) is 4.91. The molecule has 1 heterocycles. The Balaban J connectivity index is 1.91. The van der Waals surface area contributed by atoms with Gasteiger partial charge in [-0.15, -0.1) is 0 Å². The van der Waals surface area contributed by atoms with Gasteiger partial charge in [0.1, 0.15) is 0 Å². The van der Waals surface area contributed by atoms with E-state index in [1.165, 1.54) is 16.5 Å². The van der Waals surface area contributed by atoms with Gasteiger partial charge in [0.25, 0.3) is 0 Å². The Bertz CT molecular complexity index is 503. The third kappa shape index (κ3) is 3.60. The van der Waals surface area contributed by atoms with E-state index in [0.717, 1.165) is 30.8 Å². The first-order valence-electron chi connectivity index (χ1n) is 7.34. The lowest BCUT2D eigenvalue weighted by atomic mass is 9.85. The largest absolute Gasteiger partial charge is 0.361 e. The molecule has 0 aliphatic heterocycles. The summed E-state index contributed by atoms with van der Waals surface area (Å²) in [7, 11) is 0. The Labute approximate surface area is 116 Å². The van der Waals surface area contributed by atoms with Crippen molar-refractivity contribution in [1.82, 2.24) is 10.3 Å². The fourth-order valence-electron chi connectivity index (χ4n) is 2.84. The number of aromatic nitrogens is 1. The van der Waals surface area contributed by atoms with Crippen molar-refractivity contribution in [3.05, 3.63) is 36.0 Å². The summed E-state index contributed by atoms with van der Waals surface area (Å²) in [4.78, 5) is 3.23. The zero-order valence-electron chi connectivity index (χ0n) is 12.5. The van der Waals surface area contributed by atoms with Crippen LogP contribution in [-0.2, 0) is 6.54 Å². The molecular weight excluding hydrogens is 232 g/mol. The Morgan fingerprint density at radius 2 is 1.79 bits per heavy atom. The topological polar surface area (TPSA) is 27.8 Å². The molecule has 19 heavy (non-hydrogen) atoms. The highest BCUT2D eigenvalue weighted by Crippen LogP contribution is 2.20. The fraction of sp³-hybridized carbons (Fsp3) is 0.529. The van der Waals surface area contributed by atoms with Gasteiger partial charge in [0.2, 0.25) is 0 Å². The van der Waals surface area contributed by atoms with Gasteiger partial charge in [-0.1, -0.05) is 33.8 Å². The van der Waals surface area contributed by atoms with Crippen molar-refractivity contribution >= 4 is 10.9 Å². The number of rotatable bonds is 6. The second-order valence-electron chi connectivity index (χ2n) is 6.18. The maximum Gasteiger partial charge on any atom is 0.0454 e. The number of benzene rings is 1. The third-order valence-corrected chi connectivity index (χ3v) is 4.04. The van der Waals surface area contributed by atoms with Gasteiger partial charge in [-0.3, -0.25) is 0 Å². The van der Waals surface area contributed by atoms with Crippen LogP contribution < -0.4 is 5.32 Å². The van der Waals surface area contributed by atoms with E-state index < -0.39 is 0 Å². The zero-order chi connectivity index (χ0) is 13.8. The summed E-state index contributed by atoms with van der Waals surface area (Å²) in [5.74, 6) is 2.22. The van der Waals surface area contributed by atoms with Gasteiger partial charge in [0, 0.05) is 18.3 Å². The van der Waals surface area contributed by atoms with E-state index in [4.69, 9.17) is 0 Å². The minimum Gasteiger partial charge on any atom is -0.361 e. The number of hydrogen-bond donors (Lipinski definition) is 2. The summed E-state index contributed by atoms with van der Waals surface area (Å²) in [6, 6.07) is 8.75. The molecular formula is C17H26N2. The van der Waals surface area contributed by atoms with Crippen LogP contribution in [0.4, 0.5) is 0 Å². The molecule has 2 N–H and O–H groups in total. The van der Waals surface area contributed by atoms with Gasteiger partial charge < -0.3 is 10.3 Å². The number of H-pyrrole nitrogens is 1. The molecule has 0 saturated heterocycles. The first kappa shape index (κ1) is 14.1. The standard InChI is InChI=1S/C17H26N2/c1-12(2)16(13(3)4)11-18-10-14-5-6-17-15(9-14)7-8-19-17/h5-9,12-13,16,18-19H,10-11H2,1-4H3. The minimum atomic E-state index is 0.736. The highest BCUT2D eigenvalue weighted by Gasteiger charge is 2.16. The molecule has 0 bridgehead atoms. The zero-order valence-corrected chi connectivity index (χ0v) is 12.5. The highest BCUT2D eigenvalue weighted by molar-refractivity contribution is 5.79. The second-order valence-corrected chi connectivity index (χ2v) is 6.18. The van der Waals surface area contributed by atoms with E-state index in [9.17, 15) is 0 Å². The molecule has 0 aliphatic rings. The summed E-state index contributed by atoms with van der Waals surface area (Å²) >= 11 is 0. The van der Waals surface area contributed by atoms with E-state index >= 15 is 0 Å². The molecule has 0 aliphatic carbocycles. The van der Waals surface area contributed by atoms with E-state index in [1.54, 1.807) is 0 Å². The molecule has 1 aromatic heterocycles. The third-order valence-electron chi connectivity index (χ3n) is 4.04. The van der Waals surface area contributed by atoms with Crippen LogP contribution in [0.1, 0.15) is 33.3 Å². The SMILES string of the molecule is CC(C)C(CNCc1ccc2[nH]ccc2c1)C(C)C. The predicted molar refractivity (Wildman–Crippen MR) is 83.2 cm³/mol. The molecule has 104 valence electrons. The van der Waals surface area contributed by atoms with Crippen molar-refractivity contribution in [2.24, 2.45) is 17.8 Å². The second kappa shape index (κ2) is 6.25. The lowest BCUT2D eigenvalue weighted by molar-refractivity contribution is 0.275. The Kier molecular flexibility index (Phi) is 4.65. The molecule has 0 saturated carbocycles. The highest BCUT2D eigenvalue weighted by atomic mass is 14.9. The van der Waals surface area contributed by atoms with Crippen molar-refractivity contribution in [2.75, 3.05) is 6.54 Å². The molecule has 2 heteroatoms. The van der Waals surface area contributed by atoms with Crippen LogP contribution in [0.5, 0.6) is 0 Å². The average molecular weight is 258 g/mol. The van der Waals surface area contributed by atoms with E-state index in [1.807, 2.05) is 6.20 Å². The van der Waals surface area contributed by atoms with Gasteiger partial charge >= 0.3 is 0 Å². The fourth-order valence-corrected chi connectivity index (χ4v) is 2.84. The molecule has 2 aromatic rings. The summed E-state index contributed by atoms with van der Waals surface area (Å²) in [6.45, 7) is 11.3. The van der Waals surface area contributed by atoms with Crippen LogP contribution in [0.3, 0.4) is 0 Å². The molecule has 0 radical (unpaired) electrons. The number of fused-ring (bicyclic) bond motifs is 1. The molecule has 0 amide bonds. The smallest absolute Gasteiger partial charge is 0.0454 e. The quantitative estimate of drug-likeness (QED) is 0.799. The van der Waals surface area contributed by atoms with Crippen LogP contribution in [0.15, 0.2) is 30.5 Å². The Morgan fingerprint density at radius 3 is 2.47 bits per heavy atom. The minimum absolute atomic E-state index is 0.736. The van der Waals surface area contributed by atoms with Crippen LogP contribution >= 0.6 is 0 Å². The van der Waals surface area contributed by atoms with E-state index in [-0.39, 0.29) is 0 Å². The van der Waals surface area contributed by atoms with Gasteiger partial charge in [0.15, 0.2) is 0 Å². The molecule has 2 nitrogen and oxygen atoms in total. The molecule has 0 spiro atoms. The maximum absolute atomic E-state index is 3.61. The monoisotopic (exact) mass is 258 g/mol. The molecule has 0 fully saturated rings. The number of nitrogens with one attached hydrogen (secondary N) is 2. The maximum atomic E-state index is 3.61. The first-order valence-corrected chi connectivity index (χ1v) is 7.34. The summed E-state index contributed by atoms with van der Waals surface area (Å²) in [5.41, 5.74) is 2.57. The number of aromatic amines is 1. The van der Waals surface area contributed by atoms with Crippen molar-refractivity contribution in [3.63, 3.8) is 0 Å². The van der Waals surface area contributed by atoms with E-state index in [0.29, 0.717) is 0 Å². The van der Waals surface area contributed by atoms with Crippen LogP contribution in [-0.4, -0.2) is 11.5 Å². The molecule has 0 atom stereocenters. The van der Waals surface area contributed by atoms with Crippen molar-refractivity contribution in [2.45, 2.75) is 34.2 Å². The van der Waals surface area contributed by atoms with E-state index in [2.05, 4.69) is 62.3 Å². The average Bonchev–Trinajstić information content (AvgIpc) is 2.80. The summed E-state index contributed by atoms with van der Waals surface area (Å²) in [6.07, 6.45) is 2.00. The molecule has 0 unspecified atom stereocenters. The lowest BCUT2D eigenvalue weighted by Crippen LogP contribution is -2.29. The summed E-state index contributed by atoms with van der Waals surface area (Å²) < 4.78 is 0. The lowest BCUT2D eigenvalue weighted by Gasteiger charge is -2.25. The number of hydrogen-bond acceptors (Lipinski definition) is 1. The van der Waals surface area contributed by atoms with Crippen molar-refractivity contribution in [1.29, 1.82) is 0 Å². The van der Waals surface area contributed by atoms with Crippen LogP contribution in [0.2, 0.25) is 0 Å². The van der Waals surface area contributed by atoms with Crippen molar-refractivity contribution in [3.8, 4) is 0 Å². The van der Waals surface area contributed by atoms with Crippen LogP contribution in [0.25, 0.3) is 10.9 Å². The Hall–Kier alpha value is -1.28. The van der Waals surface area contributed by atoms with Gasteiger partial charge in [-0.05, 0) is 53.4 Å². The van der Waals surface area contributed by atoms with Crippen LogP contribution in [0, 0.1) is 17.8 Å². The van der Waals surface area contributed by atoms with Gasteiger partial charge in [0.05, 0.1) is 0 Å². The molecule has 1 aromatic carbocycles. The Morgan fingerprint density at radius 1 is 1.05 bits per heavy atom. The predicted octanol–water partition coefficient (Wildman–Crippen LogP) is 4.19. The van der Waals surface area contributed by atoms with Crippen molar-refractivity contribution < 1.29 is 0 Å². The van der Waals surface area contributed by atoms with Gasteiger partial charge in [-0.2, -0.15) is 0 Å². The van der Waals surface area contributed by atoms with Gasteiger partial charge in [-0.25, -0.2) is 0 Å². The first-order chi connectivity index (χ1) is 9.08. The molecule has 2 rings (SSSR count). The normalized spacial score (nSPS) is 12.2.